The molecule has 2 aromatic carbocycles. The molecule has 3 N–H and O–H groups in total. The number of phenolic OH excluding ortho intramolecular Hbond substituents is 1. The second-order valence-corrected chi connectivity index (χ2v) is 6.20. The van der Waals surface area contributed by atoms with E-state index in [2.05, 4.69) is 26.6 Å². The Balaban J connectivity index is 2.07. The predicted molar refractivity (Wildman–Crippen MR) is 95.4 cm³/mol. The first-order valence-electron chi connectivity index (χ1n) is 6.55. The number of thiocarbonyl (C=S) groups is 1. The van der Waals surface area contributed by atoms with Crippen LogP contribution in [0.5, 0.6) is 5.75 Å². The van der Waals surface area contributed by atoms with Crippen LogP contribution in [0.4, 0.5) is 5.69 Å². The van der Waals surface area contributed by atoms with E-state index in [4.69, 9.17) is 12.2 Å². The zero-order valence-corrected chi connectivity index (χ0v) is 14.5. The Hall–Kier alpha value is -1.92. The maximum Gasteiger partial charge on any atom is 0.257 e. The van der Waals surface area contributed by atoms with Gasteiger partial charge in [0.15, 0.2) is 5.11 Å². The van der Waals surface area contributed by atoms with Gasteiger partial charge in [0.2, 0.25) is 0 Å². The van der Waals surface area contributed by atoms with E-state index in [1.807, 2.05) is 19.9 Å². The van der Waals surface area contributed by atoms with Crippen molar-refractivity contribution in [2.24, 2.45) is 0 Å². The topological polar surface area (TPSA) is 61.4 Å². The van der Waals surface area contributed by atoms with Gasteiger partial charge in [-0.3, -0.25) is 10.1 Å². The van der Waals surface area contributed by atoms with Crippen molar-refractivity contribution >= 4 is 44.9 Å². The van der Waals surface area contributed by atoms with Gasteiger partial charge in [-0.25, -0.2) is 0 Å². The van der Waals surface area contributed by atoms with Crippen LogP contribution in [0.1, 0.15) is 21.5 Å². The first-order valence-corrected chi connectivity index (χ1v) is 7.75. The number of anilines is 1. The Kier molecular flexibility index (Phi) is 5.15. The number of carbonyl (C=O) groups excluding carboxylic acids is 1. The van der Waals surface area contributed by atoms with Crippen LogP contribution in [-0.2, 0) is 0 Å². The van der Waals surface area contributed by atoms with Crippen LogP contribution in [0.3, 0.4) is 0 Å². The van der Waals surface area contributed by atoms with Gasteiger partial charge in [0.25, 0.3) is 5.91 Å². The maximum atomic E-state index is 12.1. The quantitative estimate of drug-likeness (QED) is 0.547. The van der Waals surface area contributed by atoms with Crippen LogP contribution in [0.25, 0.3) is 0 Å². The number of benzene rings is 2. The SMILES string of the molecule is Cc1cc(O)c(NC(=S)NC(=O)c2cccc(Br)c2)cc1C. The summed E-state index contributed by atoms with van der Waals surface area (Å²) in [4.78, 5) is 12.1. The Morgan fingerprint density at radius 3 is 2.55 bits per heavy atom. The van der Waals surface area contributed by atoms with E-state index in [0.29, 0.717) is 11.3 Å². The number of aromatic hydroxyl groups is 1. The van der Waals surface area contributed by atoms with E-state index < -0.39 is 0 Å². The molecule has 0 unspecified atom stereocenters. The normalized spacial score (nSPS) is 10.1. The molecule has 0 aliphatic rings. The third kappa shape index (κ3) is 4.05. The highest BCUT2D eigenvalue weighted by Gasteiger charge is 2.10. The van der Waals surface area contributed by atoms with Gasteiger partial charge in [-0.05, 0) is 67.5 Å². The zero-order chi connectivity index (χ0) is 16.3. The molecule has 0 atom stereocenters. The zero-order valence-electron chi connectivity index (χ0n) is 12.1. The lowest BCUT2D eigenvalue weighted by Crippen LogP contribution is -2.34. The number of rotatable bonds is 2. The lowest BCUT2D eigenvalue weighted by molar-refractivity contribution is 0.0977. The molecule has 22 heavy (non-hydrogen) atoms. The lowest BCUT2D eigenvalue weighted by Gasteiger charge is -2.13. The van der Waals surface area contributed by atoms with Crippen molar-refractivity contribution < 1.29 is 9.90 Å². The van der Waals surface area contributed by atoms with Gasteiger partial charge < -0.3 is 10.4 Å². The first kappa shape index (κ1) is 16.5. The van der Waals surface area contributed by atoms with Gasteiger partial charge in [0, 0.05) is 10.0 Å². The van der Waals surface area contributed by atoms with Crippen molar-refractivity contribution in [1.82, 2.24) is 5.32 Å². The number of hydrogen-bond acceptors (Lipinski definition) is 3. The van der Waals surface area contributed by atoms with E-state index in [1.165, 1.54) is 0 Å². The summed E-state index contributed by atoms with van der Waals surface area (Å²) in [6, 6.07) is 10.4. The van der Waals surface area contributed by atoms with Gasteiger partial charge in [-0.1, -0.05) is 22.0 Å². The van der Waals surface area contributed by atoms with Crippen molar-refractivity contribution in [2.75, 3.05) is 5.32 Å². The Morgan fingerprint density at radius 2 is 1.86 bits per heavy atom. The van der Waals surface area contributed by atoms with Gasteiger partial charge in [0.05, 0.1) is 5.69 Å². The van der Waals surface area contributed by atoms with Crippen LogP contribution >= 0.6 is 28.1 Å². The minimum Gasteiger partial charge on any atom is -0.506 e. The second-order valence-electron chi connectivity index (χ2n) is 4.87. The molecule has 2 rings (SSSR count). The van der Waals surface area contributed by atoms with Crippen LogP contribution in [0.2, 0.25) is 0 Å². The molecule has 0 radical (unpaired) electrons. The summed E-state index contributed by atoms with van der Waals surface area (Å²) < 4.78 is 0.811. The summed E-state index contributed by atoms with van der Waals surface area (Å²) >= 11 is 8.43. The van der Waals surface area contributed by atoms with Crippen LogP contribution in [0, 0.1) is 13.8 Å². The number of amides is 1. The number of nitrogens with one attached hydrogen (secondary N) is 2. The smallest absolute Gasteiger partial charge is 0.257 e. The molecule has 0 bridgehead atoms. The van der Waals surface area contributed by atoms with Crippen molar-refractivity contribution in [2.45, 2.75) is 13.8 Å². The molecular weight excluding hydrogens is 364 g/mol. The second kappa shape index (κ2) is 6.89. The number of aryl methyl sites for hydroxylation is 2. The monoisotopic (exact) mass is 378 g/mol. The summed E-state index contributed by atoms with van der Waals surface area (Å²) in [5.41, 5.74) is 2.94. The number of halogens is 1. The third-order valence-corrected chi connectivity index (χ3v) is 3.87. The predicted octanol–water partition coefficient (Wildman–Crippen LogP) is 3.90. The number of carbonyl (C=O) groups is 1. The number of hydrogen-bond donors (Lipinski definition) is 3. The molecule has 0 spiro atoms. The number of phenols is 1. The minimum absolute atomic E-state index is 0.0853. The molecule has 2 aromatic rings. The van der Waals surface area contributed by atoms with E-state index in [-0.39, 0.29) is 16.8 Å². The van der Waals surface area contributed by atoms with Crippen molar-refractivity contribution in [3.05, 3.63) is 57.6 Å². The molecular formula is C16H15BrN2O2S. The molecule has 6 heteroatoms. The largest absolute Gasteiger partial charge is 0.506 e. The average Bonchev–Trinajstić information content (AvgIpc) is 2.44. The van der Waals surface area contributed by atoms with E-state index in [9.17, 15) is 9.90 Å². The molecule has 114 valence electrons. The highest BCUT2D eigenvalue weighted by Crippen LogP contribution is 2.26. The molecule has 1 amide bonds. The van der Waals surface area contributed by atoms with Crippen LogP contribution < -0.4 is 10.6 Å². The van der Waals surface area contributed by atoms with Gasteiger partial charge in [-0.15, -0.1) is 0 Å². The van der Waals surface area contributed by atoms with E-state index in [1.54, 1.807) is 30.3 Å². The Bertz CT molecular complexity index is 747. The summed E-state index contributed by atoms with van der Waals surface area (Å²) in [6.45, 7) is 3.84. The maximum absolute atomic E-state index is 12.1. The lowest BCUT2D eigenvalue weighted by atomic mass is 10.1. The fourth-order valence-electron chi connectivity index (χ4n) is 1.86. The standard InChI is InChI=1S/C16H15BrN2O2S/c1-9-6-13(14(20)7-10(9)2)18-16(22)19-15(21)11-4-3-5-12(17)8-11/h3-8,20H,1-2H3,(H2,18,19,21,22). The molecule has 0 saturated heterocycles. The third-order valence-electron chi connectivity index (χ3n) is 3.17. The highest BCUT2D eigenvalue weighted by molar-refractivity contribution is 9.10. The van der Waals surface area contributed by atoms with Gasteiger partial charge in [0.1, 0.15) is 5.75 Å². The summed E-state index contributed by atoms with van der Waals surface area (Å²) in [6.07, 6.45) is 0. The molecule has 0 aliphatic carbocycles. The fraction of sp³-hybridized carbons (Fsp3) is 0.125. The molecule has 0 aliphatic heterocycles. The minimum atomic E-state index is -0.317. The van der Waals surface area contributed by atoms with E-state index >= 15 is 0 Å². The van der Waals surface area contributed by atoms with Crippen LogP contribution in [0.15, 0.2) is 40.9 Å². The molecule has 0 fully saturated rings. The Morgan fingerprint density at radius 1 is 1.18 bits per heavy atom. The van der Waals surface area contributed by atoms with Gasteiger partial charge >= 0.3 is 0 Å². The molecule has 0 aromatic heterocycles. The Labute approximate surface area is 142 Å². The molecule has 4 nitrogen and oxygen atoms in total. The summed E-state index contributed by atoms with van der Waals surface area (Å²) in [7, 11) is 0. The first-order chi connectivity index (χ1) is 10.4. The van der Waals surface area contributed by atoms with E-state index in [0.717, 1.165) is 15.6 Å². The van der Waals surface area contributed by atoms with Crippen molar-refractivity contribution in [3.8, 4) is 5.75 Å². The molecule has 0 heterocycles. The van der Waals surface area contributed by atoms with Crippen molar-refractivity contribution in [1.29, 1.82) is 0 Å². The average molecular weight is 379 g/mol. The summed E-state index contributed by atoms with van der Waals surface area (Å²) in [5.74, 6) is -0.232. The highest BCUT2D eigenvalue weighted by atomic mass is 79.9. The molecule has 0 saturated carbocycles. The fourth-order valence-corrected chi connectivity index (χ4v) is 2.46. The van der Waals surface area contributed by atoms with Crippen molar-refractivity contribution in [3.63, 3.8) is 0 Å². The van der Waals surface area contributed by atoms with Gasteiger partial charge in [-0.2, -0.15) is 0 Å². The summed E-state index contributed by atoms with van der Waals surface area (Å²) in [5, 5.41) is 15.5. The van der Waals surface area contributed by atoms with Crippen LogP contribution in [-0.4, -0.2) is 16.1 Å².